The smallest absolute Gasteiger partial charge is 0.272 e. The van der Waals surface area contributed by atoms with Gasteiger partial charge >= 0.3 is 0 Å². The second-order valence-electron chi connectivity index (χ2n) is 5.63. The first-order valence-corrected chi connectivity index (χ1v) is 8.57. The number of H-pyrrole nitrogens is 2. The summed E-state index contributed by atoms with van der Waals surface area (Å²) in [6.45, 7) is 1.36. The molecule has 3 heterocycles. The number of aromatic nitrogens is 5. The number of hydrogen-bond acceptors (Lipinski definition) is 5. The highest BCUT2D eigenvalue weighted by Crippen LogP contribution is 2.25. The molecule has 2 N–H and O–H groups in total. The van der Waals surface area contributed by atoms with Crippen molar-refractivity contribution in [3.8, 4) is 11.3 Å². The van der Waals surface area contributed by atoms with Crippen molar-refractivity contribution in [1.82, 2.24) is 30.3 Å². The summed E-state index contributed by atoms with van der Waals surface area (Å²) in [6, 6.07) is 9.24. The molecule has 0 radical (unpaired) electrons. The monoisotopic (exact) mass is 402 g/mol. The zero-order chi connectivity index (χ0) is 17.2. The summed E-state index contributed by atoms with van der Waals surface area (Å²) in [4.78, 5) is 18.8. The predicted octanol–water partition coefficient (Wildman–Crippen LogP) is 2.17. The first-order chi connectivity index (χ1) is 12.2. The van der Waals surface area contributed by atoms with E-state index in [1.807, 2.05) is 24.3 Å². The van der Waals surface area contributed by atoms with Crippen molar-refractivity contribution < 1.29 is 9.53 Å². The van der Waals surface area contributed by atoms with Crippen LogP contribution in [0.25, 0.3) is 11.3 Å². The highest BCUT2D eigenvalue weighted by Gasteiger charge is 2.32. The van der Waals surface area contributed by atoms with Gasteiger partial charge in [-0.15, -0.1) is 0 Å². The molecule has 1 atom stereocenters. The zero-order valence-electron chi connectivity index (χ0n) is 13.1. The number of benzene rings is 1. The number of ether oxygens (including phenoxy) is 1. The Morgan fingerprint density at radius 2 is 2.12 bits per heavy atom. The van der Waals surface area contributed by atoms with E-state index < -0.39 is 0 Å². The number of rotatable bonds is 3. The number of nitrogens with one attached hydrogen (secondary N) is 2. The Kier molecular flexibility index (Phi) is 4.33. The van der Waals surface area contributed by atoms with E-state index in [2.05, 4.69) is 41.3 Å². The van der Waals surface area contributed by atoms with E-state index in [4.69, 9.17) is 4.74 Å². The number of morpholine rings is 1. The van der Waals surface area contributed by atoms with Crippen molar-refractivity contribution >= 4 is 21.8 Å². The lowest BCUT2D eigenvalue weighted by molar-refractivity contribution is -0.00542. The quantitative estimate of drug-likeness (QED) is 0.698. The van der Waals surface area contributed by atoms with Gasteiger partial charge in [0.25, 0.3) is 5.91 Å². The highest BCUT2D eigenvalue weighted by atomic mass is 79.9. The van der Waals surface area contributed by atoms with Crippen LogP contribution in [0.1, 0.15) is 22.4 Å². The average Bonchev–Trinajstić information content (AvgIpc) is 3.34. The maximum atomic E-state index is 12.9. The molecule has 8 nitrogen and oxygen atoms in total. The molecule has 0 spiro atoms. The summed E-state index contributed by atoms with van der Waals surface area (Å²) < 4.78 is 6.49. The number of amides is 1. The maximum Gasteiger partial charge on any atom is 0.272 e. The molecule has 2 aromatic heterocycles. The predicted molar refractivity (Wildman–Crippen MR) is 92.7 cm³/mol. The number of carbonyl (C=O) groups excluding carboxylic acids is 1. The lowest BCUT2D eigenvalue weighted by Gasteiger charge is -2.33. The molecule has 0 bridgehead atoms. The molecular weight excluding hydrogens is 388 g/mol. The zero-order valence-corrected chi connectivity index (χ0v) is 14.7. The average molecular weight is 403 g/mol. The largest absolute Gasteiger partial charge is 0.377 e. The van der Waals surface area contributed by atoms with E-state index in [1.165, 1.54) is 6.33 Å². The summed E-state index contributed by atoms with van der Waals surface area (Å²) in [7, 11) is 0. The number of nitrogens with zero attached hydrogens (tertiary/aromatic N) is 4. The number of hydrogen-bond donors (Lipinski definition) is 2. The topological polar surface area (TPSA) is 99.8 Å². The van der Waals surface area contributed by atoms with E-state index in [9.17, 15) is 4.79 Å². The van der Waals surface area contributed by atoms with E-state index in [0.717, 1.165) is 15.7 Å². The number of carbonyl (C=O) groups is 1. The van der Waals surface area contributed by atoms with Crippen molar-refractivity contribution in [3.05, 3.63) is 52.7 Å². The molecule has 1 aliphatic rings. The third-order valence-electron chi connectivity index (χ3n) is 4.09. The molecule has 1 aliphatic heterocycles. The summed E-state index contributed by atoms with van der Waals surface area (Å²) in [5.74, 6) is 0.473. The summed E-state index contributed by atoms with van der Waals surface area (Å²) in [5.41, 5.74) is 2.09. The molecule has 25 heavy (non-hydrogen) atoms. The second kappa shape index (κ2) is 6.77. The molecule has 1 amide bonds. The Morgan fingerprint density at radius 3 is 2.88 bits per heavy atom. The minimum absolute atomic E-state index is 0.138. The van der Waals surface area contributed by atoms with Gasteiger partial charge in [-0.05, 0) is 18.2 Å². The van der Waals surface area contributed by atoms with E-state index in [0.29, 0.717) is 31.3 Å². The van der Waals surface area contributed by atoms with Gasteiger partial charge in [-0.1, -0.05) is 28.1 Å². The first-order valence-electron chi connectivity index (χ1n) is 7.77. The normalized spacial score (nSPS) is 17.6. The first kappa shape index (κ1) is 16.0. The minimum atomic E-state index is -0.289. The number of halogens is 1. The third-order valence-corrected chi connectivity index (χ3v) is 4.62. The third kappa shape index (κ3) is 3.20. The fourth-order valence-electron chi connectivity index (χ4n) is 2.80. The van der Waals surface area contributed by atoms with Crippen LogP contribution in [-0.4, -0.2) is 55.9 Å². The van der Waals surface area contributed by atoms with Crippen LogP contribution in [0.4, 0.5) is 0 Å². The van der Waals surface area contributed by atoms with Crippen LogP contribution in [-0.2, 0) is 4.74 Å². The van der Waals surface area contributed by atoms with E-state index >= 15 is 0 Å². The Balaban J connectivity index is 1.58. The van der Waals surface area contributed by atoms with Gasteiger partial charge in [0.1, 0.15) is 23.9 Å². The molecule has 128 valence electrons. The van der Waals surface area contributed by atoms with Gasteiger partial charge < -0.3 is 9.64 Å². The molecule has 1 fully saturated rings. The van der Waals surface area contributed by atoms with Gasteiger partial charge in [0.2, 0.25) is 0 Å². The van der Waals surface area contributed by atoms with Crippen molar-refractivity contribution in [3.63, 3.8) is 0 Å². The molecule has 0 aliphatic carbocycles. The lowest BCUT2D eigenvalue weighted by Crippen LogP contribution is -2.44. The molecule has 9 heteroatoms. The highest BCUT2D eigenvalue weighted by molar-refractivity contribution is 9.10. The summed E-state index contributed by atoms with van der Waals surface area (Å²) in [5, 5.41) is 13.8. The summed E-state index contributed by atoms with van der Waals surface area (Å²) in [6.07, 6.45) is 1.43. The van der Waals surface area contributed by atoms with Crippen LogP contribution in [0.2, 0.25) is 0 Å². The fourth-order valence-corrected chi connectivity index (χ4v) is 3.07. The molecule has 3 aromatic rings. The van der Waals surface area contributed by atoms with Crippen molar-refractivity contribution in [2.24, 2.45) is 0 Å². The van der Waals surface area contributed by atoms with Crippen LogP contribution < -0.4 is 0 Å². The maximum absolute atomic E-state index is 12.9. The van der Waals surface area contributed by atoms with Crippen LogP contribution in [0.3, 0.4) is 0 Å². The standard InChI is InChI=1S/C16H15BrN6O2/c17-11-3-1-10(2-4-11)12-7-13(21-20-12)16(24)23-5-6-25-8-14(23)15-18-9-19-22-15/h1-4,7,9,14H,5-6,8H2,(H,20,21)(H,18,19,22). The van der Waals surface area contributed by atoms with E-state index in [-0.39, 0.29) is 11.9 Å². The second-order valence-corrected chi connectivity index (χ2v) is 6.55. The van der Waals surface area contributed by atoms with Gasteiger partial charge in [-0.2, -0.15) is 10.2 Å². The fraction of sp³-hybridized carbons (Fsp3) is 0.250. The Morgan fingerprint density at radius 1 is 1.28 bits per heavy atom. The van der Waals surface area contributed by atoms with E-state index in [1.54, 1.807) is 11.0 Å². The van der Waals surface area contributed by atoms with Gasteiger partial charge in [0.05, 0.1) is 18.9 Å². The van der Waals surface area contributed by atoms with Crippen LogP contribution in [0.5, 0.6) is 0 Å². The van der Waals surface area contributed by atoms with Gasteiger partial charge in [0.15, 0.2) is 0 Å². The molecule has 1 unspecified atom stereocenters. The van der Waals surface area contributed by atoms with Gasteiger partial charge in [0, 0.05) is 16.6 Å². The molecular formula is C16H15BrN6O2. The molecule has 1 aromatic carbocycles. The van der Waals surface area contributed by atoms with Crippen molar-refractivity contribution in [2.75, 3.05) is 19.8 Å². The Bertz CT molecular complexity index is 861. The van der Waals surface area contributed by atoms with Gasteiger partial charge in [-0.3, -0.25) is 15.0 Å². The molecule has 4 rings (SSSR count). The van der Waals surface area contributed by atoms with Crippen LogP contribution in [0, 0.1) is 0 Å². The van der Waals surface area contributed by atoms with Crippen molar-refractivity contribution in [2.45, 2.75) is 6.04 Å². The molecule has 0 saturated carbocycles. The van der Waals surface area contributed by atoms with Crippen molar-refractivity contribution in [1.29, 1.82) is 0 Å². The Hall–Kier alpha value is -2.52. The van der Waals surface area contributed by atoms with Crippen LogP contribution >= 0.6 is 15.9 Å². The summed E-state index contributed by atoms with van der Waals surface area (Å²) >= 11 is 3.41. The Labute approximate surface area is 151 Å². The lowest BCUT2D eigenvalue weighted by atomic mass is 10.1. The SMILES string of the molecule is O=C(c1cc(-c2ccc(Br)cc2)n[nH]1)N1CCOCC1c1ncn[nH]1. The molecule has 1 saturated heterocycles. The van der Waals surface area contributed by atoms with Gasteiger partial charge in [-0.25, -0.2) is 4.98 Å². The minimum Gasteiger partial charge on any atom is -0.377 e. The number of aromatic amines is 2. The van der Waals surface area contributed by atoms with Crippen LogP contribution in [0.15, 0.2) is 41.1 Å².